The number of nitrogens with zero attached hydrogens (tertiary/aromatic N) is 1. The summed E-state index contributed by atoms with van der Waals surface area (Å²) in [6.45, 7) is 6.66. The van der Waals surface area contributed by atoms with Crippen molar-refractivity contribution >= 4 is 19.1 Å². The van der Waals surface area contributed by atoms with E-state index in [1.807, 2.05) is 12.1 Å². The summed E-state index contributed by atoms with van der Waals surface area (Å²) in [4.78, 5) is 5.74. The van der Waals surface area contributed by atoms with Crippen LogP contribution in [-0.2, 0) is 5.41 Å². The van der Waals surface area contributed by atoms with Crippen LogP contribution in [0, 0.1) is 26.7 Å². The van der Waals surface area contributed by atoms with Crippen LogP contribution in [0.3, 0.4) is 0 Å². The van der Waals surface area contributed by atoms with Gasteiger partial charge in [0.15, 0.2) is 0 Å². The van der Waals surface area contributed by atoms with E-state index < -0.39 is 0 Å². The first-order valence-electron chi connectivity index (χ1n) is 13.7. The topological polar surface area (TPSA) is 32.6 Å². The molecule has 1 aliphatic heterocycles. The van der Waals surface area contributed by atoms with Crippen LogP contribution in [0.15, 0.2) is 41.4 Å². The highest BCUT2D eigenvalue weighted by atomic mass is 31.1. The summed E-state index contributed by atoms with van der Waals surface area (Å²) in [5.41, 5.74) is 8.47. The van der Waals surface area contributed by atoms with Crippen LogP contribution in [-0.4, -0.2) is 22.4 Å². The summed E-state index contributed by atoms with van der Waals surface area (Å²) in [7, 11) is -0.293. The van der Waals surface area contributed by atoms with Gasteiger partial charge >= 0.3 is 0 Å². The highest BCUT2D eigenvalue weighted by Crippen LogP contribution is 2.66. The van der Waals surface area contributed by atoms with Crippen LogP contribution in [0.25, 0.3) is 0 Å². The van der Waals surface area contributed by atoms with Gasteiger partial charge in [-0.2, -0.15) is 0 Å². The van der Waals surface area contributed by atoms with Crippen LogP contribution in [0.4, 0.5) is 5.69 Å². The predicted molar refractivity (Wildman–Crippen MR) is 147 cm³/mol. The van der Waals surface area contributed by atoms with Crippen LogP contribution >= 0.6 is 7.92 Å². The molecule has 1 N–H and O–H groups in total. The molecule has 2 saturated carbocycles. The van der Waals surface area contributed by atoms with Gasteiger partial charge in [-0.15, -0.1) is 0 Å². The molecule has 3 heteroatoms. The Kier molecular flexibility index (Phi) is 7.17. The second-order valence-corrected chi connectivity index (χ2v) is 13.8. The molecule has 0 aromatic heterocycles. The molecule has 1 saturated heterocycles. The van der Waals surface area contributed by atoms with E-state index >= 15 is 0 Å². The fraction of sp³-hybridized carbons (Fsp3) is 0.581. The highest BCUT2D eigenvalue weighted by Gasteiger charge is 2.54. The summed E-state index contributed by atoms with van der Waals surface area (Å²) in [5, 5.41) is 11.2. The van der Waals surface area contributed by atoms with Gasteiger partial charge in [-0.05, 0) is 87.8 Å². The molecule has 2 atom stereocenters. The Bertz CT molecular complexity index is 1020. The molecule has 182 valence electrons. The maximum Gasteiger partial charge on any atom is 0.119 e. The lowest BCUT2D eigenvalue weighted by Gasteiger charge is -2.42. The number of aliphatic imine (C=N–C) groups is 1. The SMILES string of the molecule is Cc1cc(C)c(N=C2P(C3CCCCC3)CCC2(c2ccccc2O)C2CCCCC2)c(C)c1. The third kappa shape index (κ3) is 4.37. The number of benzene rings is 2. The molecule has 0 bridgehead atoms. The number of aryl methyl sites for hydroxylation is 3. The van der Waals surface area contributed by atoms with Gasteiger partial charge in [0.25, 0.3) is 0 Å². The molecule has 0 radical (unpaired) electrons. The number of aromatic hydroxyl groups is 1. The van der Waals surface area contributed by atoms with E-state index in [4.69, 9.17) is 4.99 Å². The third-order valence-corrected chi connectivity index (χ3v) is 12.1. The Balaban J connectivity index is 1.72. The van der Waals surface area contributed by atoms with Gasteiger partial charge in [-0.25, -0.2) is 0 Å². The minimum Gasteiger partial charge on any atom is -0.508 e. The Morgan fingerprint density at radius 3 is 2.12 bits per heavy atom. The average molecular weight is 476 g/mol. The van der Waals surface area contributed by atoms with Crippen LogP contribution < -0.4 is 0 Å². The molecule has 0 amide bonds. The first-order chi connectivity index (χ1) is 16.5. The van der Waals surface area contributed by atoms with Crippen molar-refractivity contribution in [3.05, 3.63) is 58.7 Å². The molecule has 0 spiro atoms. The first kappa shape index (κ1) is 24.1. The monoisotopic (exact) mass is 475 g/mol. The summed E-state index contributed by atoms with van der Waals surface area (Å²) in [5.74, 6) is 1.08. The summed E-state index contributed by atoms with van der Waals surface area (Å²) >= 11 is 0. The maximum atomic E-state index is 11.2. The van der Waals surface area contributed by atoms with Gasteiger partial charge in [0.05, 0.1) is 11.1 Å². The lowest BCUT2D eigenvalue weighted by atomic mass is 9.64. The van der Waals surface area contributed by atoms with Crippen molar-refractivity contribution in [1.82, 2.24) is 0 Å². The van der Waals surface area contributed by atoms with E-state index in [0.29, 0.717) is 11.7 Å². The van der Waals surface area contributed by atoms with Crippen molar-refractivity contribution in [3.63, 3.8) is 0 Å². The molecule has 34 heavy (non-hydrogen) atoms. The fourth-order valence-electron chi connectivity index (χ4n) is 7.45. The molecule has 3 aliphatic rings. The Morgan fingerprint density at radius 2 is 1.47 bits per heavy atom. The van der Waals surface area contributed by atoms with Crippen molar-refractivity contribution in [1.29, 1.82) is 0 Å². The minimum atomic E-state index is -0.293. The van der Waals surface area contributed by atoms with Crippen molar-refractivity contribution in [3.8, 4) is 5.75 Å². The summed E-state index contributed by atoms with van der Waals surface area (Å²) < 4.78 is 0. The Hall–Kier alpha value is -1.66. The molecule has 1 heterocycles. The van der Waals surface area contributed by atoms with Gasteiger partial charge in [-0.1, -0.05) is 82.3 Å². The lowest BCUT2D eigenvalue weighted by Crippen LogP contribution is -2.40. The number of para-hydroxylation sites is 1. The van der Waals surface area contributed by atoms with Crippen molar-refractivity contribution in [2.24, 2.45) is 10.9 Å². The third-order valence-electron chi connectivity index (χ3n) is 8.97. The van der Waals surface area contributed by atoms with E-state index in [2.05, 4.69) is 45.0 Å². The standard InChI is InChI=1S/C31H42NOP/c1-22-20-23(2)29(24(3)21-22)32-30-31(25-12-6-4-7-13-25,27-16-10-11-17-28(27)33)18-19-34(30)26-14-8-5-9-15-26/h10-11,16-17,20-21,25-26,33H,4-9,12-15,18-19H2,1-3H3. The summed E-state index contributed by atoms with van der Waals surface area (Å²) in [6, 6.07) is 12.9. The Morgan fingerprint density at radius 1 is 0.853 bits per heavy atom. The normalized spacial score (nSPS) is 28.0. The number of phenolic OH excluding ortho intramolecular Hbond substituents is 1. The van der Waals surface area contributed by atoms with Gasteiger partial charge in [-0.3, -0.25) is 4.99 Å². The zero-order valence-electron chi connectivity index (χ0n) is 21.4. The van der Waals surface area contributed by atoms with Gasteiger partial charge in [0.1, 0.15) is 5.75 Å². The van der Waals surface area contributed by atoms with Crippen molar-refractivity contribution in [2.75, 3.05) is 6.16 Å². The number of hydrogen-bond acceptors (Lipinski definition) is 2. The van der Waals surface area contributed by atoms with E-state index in [9.17, 15) is 5.11 Å². The van der Waals surface area contributed by atoms with Crippen LogP contribution in [0.1, 0.15) is 92.9 Å². The zero-order valence-corrected chi connectivity index (χ0v) is 22.3. The fourth-order valence-corrected chi connectivity index (χ4v) is 11.1. The first-order valence-corrected chi connectivity index (χ1v) is 15.3. The Labute approximate surface area is 208 Å². The summed E-state index contributed by atoms with van der Waals surface area (Å²) in [6.07, 6.45) is 15.9. The van der Waals surface area contributed by atoms with Gasteiger partial charge < -0.3 is 5.11 Å². The quantitative estimate of drug-likeness (QED) is 0.439. The molecule has 2 unspecified atom stereocenters. The van der Waals surface area contributed by atoms with Gasteiger partial charge in [0.2, 0.25) is 0 Å². The van der Waals surface area contributed by atoms with Crippen LogP contribution in [0.5, 0.6) is 5.75 Å². The second-order valence-electron chi connectivity index (χ2n) is 11.2. The van der Waals surface area contributed by atoms with Gasteiger partial charge in [0, 0.05) is 11.0 Å². The molecular formula is C31H42NOP. The zero-order chi connectivity index (χ0) is 23.7. The number of phenols is 1. The number of rotatable bonds is 4. The number of hydrogen-bond donors (Lipinski definition) is 1. The molecule has 2 nitrogen and oxygen atoms in total. The molecule has 2 aromatic carbocycles. The van der Waals surface area contributed by atoms with Crippen LogP contribution in [0.2, 0.25) is 0 Å². The molecular weight excluding hydrogens is 433 g/mol. The van der Waals surface area contributed by atoms with Crippen molar-refractivity contribution < 1.29 is 5.11 Å². The average Bonchev–Trinajstić information content (AvgIpc) is 3.22. The molecule has 2 aliphatic carbocycles. The predicted octanol–water partition coefficient (Wildman–Crippen LogP) is 9.08. The largest absolute Gasteiger partial charge is 0.508 e. The van der Waals surface area contributed by atoms with E-state index in [-0.39, 0.29) is 13.3 Å². The van der Waals surface area contributed by atoms with E-state index in [1.165, 1.54) is 110 Å². The van der Waals surface area contributed by atoms with Crippen molar-refractivity contribution in [2.45, 2.75) is 102 Å². The minimum absolute atomic E-state index is 0.0985. The smallest absolute Gasteiger partial charge is 0.119 e. The highest BCUT2D eigenvalue weighted by molar-refractivity contribution is 7.76. The maximum absolute atomic E-state index is 11.2. The lowest BCUT2D eigenvalue weighted by molar-refractivity contribution is 0.257. The molecule has 3 fully saturated rings. The van der Waals surface area contributed by atoms with E-state index in [1.54, 1.807) is 0 Å². The van der Waals surface area contributed by atoms with E-state index in [0.717, 1.165) is 5.66 Å². The molecule has 5 rings (SSSR count). The second kappa shape index (κ2) is 10.1. The molecule has 2 aromatic rings.